The van der Waals surface area contributed by atoms with Gasteiger partial charge in [-0.15, -0.1) is 0 Å². The number of likely N-dealkylation sites (tertiary alicyclic amines) is 1. The van der Waals surface area contributed by atoms with Gasteiger partial charge in [-0.1, -0.05) is 0 Å². The molecule has 2 heterocycles. The second kappa shape index (κ2) is 7.91. The van der Waals surface area contributed by atoms with Gasteiger partial charge in [-0.25, -0.2) is 9.59 Å². The van der Waals surface area contributed by atoms with Gasteiger partial charge in [0.2, 0.25) is 0 Å². The first-order valence-corrected chi connectivity index (χ1v) is 6.28. The number of amides is 1. The molecule has 1 fully saturated rings. The molecule has 0 spiro atoms. The molecule has 1 aromatic heterocycles. The Morgan fingerprint density at radius 2 is 2.00 bits per heavy atom. The summed E-state index contributed by atoms with van der Waals surface area (Å²) in [6.07, 6.45) is 3.72. The fourth-order valence-electron chi connectivity index (χ4n) is 2.08. The van der Waals surface area contributed by atoms with Gasteiger partial charge in [0.05, 0.1) is 18.9 Å². The zero-order valence-electron chi connectivity index (χ0n) is 11.1. The number of rotatable bonds is 3. The minimum absolute atomic E-state index is 0. The van der Waals surface area contributed by atoms with Crippen LogP contribution in [-0.4, -0.2) is 72.2 Å². The van der Waals surface area contributed by atoms with Crippen LogP contribution >= 0.6 is 0 Å². The summed E-state index contributed by atoms with van der Waals surface area (Å²) in [5, 5.41) is 8.88. The van der Waals surface area contributed by atoms with E-state index in [4.69, 9.17) is 9.84 Å². The van der Waals surface area contributed by atoms with E-state index in [0.29, 0.717) is 31.7 Å². The number of ether oxygens (including phenoxy) is 2. The topological polar surface area (TPSA) is 89.0 Å². The number of aromatic nitrogens is 1. The number of pyridine rings is 1. The van der Waals surface area contributed by atoms with Gasteiger partial charge in [-0.05, 0) is 6.07 Å². The third-order valence-corrected chi connectivity index (χ3v) is 3.14. The standard InChI is InChI=1S/C13H16N2O5.Li.H/c1-19-13(18)15-4-2-10(3-5-15)20-11-6-9(12(16)17)7-14-8-11;;/h6-8,10H,2-5H2,1H3,(H,16,17);;. The number of hydrogen-bond acceptors (Lipinski definition) is 5. The Bertz CT molecular complexity index is 503. The fraction of sp³-hybridized carbons (Fsp3) is 0.462. The summed E-state index contributed by atoms with van der Waals surface area (Å²) < 4.78 is 10.4. The maximum absolute atomic E-state index is 11.3. The van der Waals surface area contributed by atoms with Gasteiger partial charge in [-0.3, -0.25) is 4.98 Å². The molecule has 0 radical (unpaired) electrons. The van der Waals surface area contributed by atoms with Crippen LogP contribution < -0.4 is 4.74 Å². The van der Waals surface area contributed by atoms with E-state index in [-0.39, 0.29) is 36.6 Å². The number of aromatic carboxylic acids is 1. The number of carboxylic acids is 1. The molecule has 1 aliphatic rings. The predicted molar refractivity (Wildman–Crippen MR) is 76.0 cm³/mol. The molecule has 1 aromatic rings. The first-order chi connectivity index (χ1) is 9.60. The molecule has 0 bridgehead atoms. The van der Waals surface area contributed by atoms with Crippen LogP contribution in [0.4, 0.5) is 4.79 Å². The van der Waals surface area contributed by atoms with Crippen molar-refractivity contribution < 1.29 is 24.2 Å². The van der Waals surface area contributed by atoms with E-state index >= 15 is 0 Å². The van der Waals surface area contributed by atoms with Crippen molar-refractivity contribution in [2.45, 2.75) is 18.9 Å². The van der Waals surface area contributed by atoms with Crippen LogP contribution in [0.1, 0.15) is 23.2 Å². The van der Waals surface area contributed by atoms with Gasteiger partial charge in [0.15, 0.2) is 0 Å². The van der Waals surface area contributed by atoms with Gasteiger partial charge < -0.3 is 19.5 Å². The molecule has 0 saturated carbocycles. The summed E-state index contributed by atoms with van der Waals surface area (Å²) >= 11 is 0. The average molecular weight is 288 g/mol. The van der Waals surface area contributed by atoms with Crippen LogP contribution in [-0.2, 0) is 4.74 Å². The number of carbonyl (C=O) groups excluding carboxylic acids is 1. The number of carbonyl (C=O) groups is 2. The minimum atomic E-state index is -1.04. The molecule has 8 heteroatoms. The second-order valence-corrected chi connectivity index (χ2v) is 4.49. The molecule has 1 saturated heterocycles. The van der Waals surface area contributed by atoms with Crippen LogP contribution in [0.2, 0.25) is 0 Å². The SMILES string of the molecule is COC(=O)N1CCC(Oc2cncc(C(=O)O)c2)CC1.[LiH]. The molecular weight excluding hydrogens is 271 g/mol. The van der Waals surface area contributed by atoms with Crippen LogP contribution in [0.25, 0.3) is 0 Å². The fourth-order valence-corrected chi connectivity index (χ4v) is 2.08. The molecule has 0 aliphatic carbocycles. The van der Waals surface area contributed by atoms with Gasteiger partial charge in [0.25, 0.3) is 0 Å². The summed E-state index contributed by atoms with van der Waals surface area (Å²) in [7, 11) is 1.36. The third kappa shape index (κ3) is 4.65. The number of methoxy groups -OCH3 is 1. The molecule has 1 amide bonds. The van der Waals surface area contributed by atoms with E-state index in [0.717, 1.165) is 0 Å². The van der Waals surface area contributed by atoms with E-state index in [1.165, 1.54) is 25.6 Å². The predicted octanol–water partition coefficient (Wildman–Crippen LogP) is 0.741. The number of carboxylic acid groups (broad SMARTS) is 1. The molecular formula is C13H17LiN2O5. The third-order valence-electron chi connectivity index (χ3n) is 3.14. The summed E-state index contributed by atoms with van der Waals surface area (Å²) in [5.41, 5.74) is 0.0921. The second-order valence-electron chi connectivity index (χ2n) is 4.49. The number of piperidine rings is 1. The number of hydrogen-bond donors (Lipinski definition) is 1. The Morgan fingerprint density at radius 3 is 2.57 bits per heavy atom. The van der Waals surface area contributed by atoms with Gasteiger partial charge in [0, 0.05) is 32.1 Å². The van der Waals surface area contributed by atoms with E-state index in [1.807, 2.05) is 0 Å². The maximum atomic E-state index is 11.3. The van der Waals surface area contributed by atoms with Crippen molar-refractivity contribution in [2.24, 2.45) is 0 Å². The van der Waals surface area contributed by atoms with Crippen molar-refractivity contribution in [1.29, 1.82) is 0 Å². The number of nitrogens with zero attached hydrogens (tertiary/aromatic N) is 2. The van der Waals surface area contributed by atoms with E-state index in [9.17, 15) is 9.59 Å². The van der Waals surface area contributed by atoms with E-state index in [2.05, 4.69) is 9.72 Å². The molecule has 110 valence electrons. The van der Waals surface area contributed by atoms with Crippen LogP contribution in [0.5, 0.6) is 5.75 Å². The van der Waals surface area contributed by atoms with Crippen molar-refractivity contribution in [1.82, 2.24) is 9.88 Å². The first kappa shape index (κ1) is 17.3. The Balaban J connectivity index is 0.00000220. The quantitative estimate of drug-likeness (QED) is 0.825. The van der Waals surface area contributed by atoms with Crippen molar-refractivity contribution in [2.75, 3.05) is 20.2 Å². The van der Waals surface area contributed by atoms with Crippen molar-refractivity contribution in [3.05, 3.63) is 24.0 Å². The zero-order chi connectivity index (χ0) is 14.5. The molecule has 1 N–H and O–H groups in total. The molecule has 1 aliphatic heterocycles. The van der Waals surface area contributed by atoms with E-state index < -0.39 is 5.97 Å². The average Bonchev–Trinajstić information content (AvgIpc) is 2.47. The Hall–Kier alpha value is -1.71. The van der Waals surface area contributed by atoms with Gasteiger partial charge >= 0.3 is 30.9 Å². The zero-order valence-corrected chi connectivity index (χ0v) is 11.1. The summed E-state index contributed by atoms with van der Waals surface area (Å²) in [5.74, 6) is -0.607. The van der Waals surface area contributed by atoms with E-state index in [1.54, 1.807) is 4.90 Å². The van der Waals surface area contributed by atoms with Crippen molar-refractivity contribution in [3.63, 3.8) is 0 Å². The van der Waals surface area contributed by atoms with Gasteiger partial charge in [-0.2, -0.15) is 0 Å². The molecule has 2 rings (SSSR count). The molecule has 21 heavy (non-hydrogen) atoms. The summed E-state index contributed by atoms with van der Waals surface area (Å²) in [6, 6.07) is 1.45. The van der Waals surface area contributed by atoms with Crippen LogP contribution in [0, 0.1) is 0 Å². The molecule has 0 unspecified atom stereocenters. The first-order valence-electron chi connectivity index (χ1n) is 6.28. The van der Waals surface area contributed by atoms with Gasteiger partial charge in [0.1, 0.15) is 11.9 Å². The normalized spacial score (nSPS) is 15.0. The Morgan fingerprint density at radius 1 is 1.33 bits per heavy atom. The van der Waals surface area contributed by atoms with Crippen LogP contribution in [0.15, 0.2) is 18.5 Å². The molecule has 7 nitrogen and oxygen atoms in total. The molecule has 0 aromatic carbocycles. The van der Waals surface area contributed by atoms with Crippen LogP contribution in [0.3, 0.4) is 0 Å². The Labute approximate surface area is 134 Å². The summed E-state index contributed by atoms with van der Waals surface area (Å²) in [6.45, 7) is 1.12. The summed E-state index contributed by atoms with van der Waals surface area (Å²) in [4.78, 5) is 27.6. The Kier molecular flexibility index (Phi) is 6.53. The van der Waals surface area contributed by atoms with Crippen molar-refractivity contribution >= 4 is 30.9 Å². The van der Waals surface area contributed by atoms with Crippen molar-refractivity contribution in [3.8, 4) is 5.75 Å². The monoisotopic (exact) mass is 288 g/mol. The molecule has 0 atom stereocenters.